The van der Waals surface area contributed by atoms with Crippen LogP contribution < -0.4 is 10.2 Å². The highest BCUT2D eigenvalue weighted by Gasteiger charge is 2.34. The van der Waals surface area contributed by atoms with E-state index in [1.54, 1.807) is 0 Å². The maximum atomic E-state index is 9.34. The van der Waals surface area contributed by atoms with Crippen molar-refractivity contribution < 1.29 is 0 Å². The molecule has 2 heterocycles. The quantitative estimate of drug-likeness (QED) is 0.910. The number of halogens is 1. The molecule has 1 aromatic carbocycles. The van der Waals surface area contributed by atoms with Crippen LogP contribution in [0.25, 0.3) is 0 Å². The summed E-state index contributed by atoms with van der Waals surface area (Å²) in [6.07, 6.45) is 5.00. The second-order valence-corrected chi connectivity index (χ2v) is 6.29. The van der Waals surface area contributed by atoms with Crippen molar-refractivity contribution >= 4 is 21.6 Å². The average molecular weight is 320 g/mol. The zero-order valence-corrected chi connectivity index (χ0v) is 12.5. The molecule has 2 aliphatic rings. The van der Waals surface area contributed by atoms with Gasteiger partial charge in [0.1, 0.15) is 6.07 Å². The van der Waals surface area contributed by atoms with E-state index in [0.717, 1.165) is 28.8 Å². The van der Waals surface area contributed by atoms with Crippen molar-refractivity contribution in [1.82, 2.24) is 5.32 Å². The van der Waals surface area contributed by atoms with E-state index in [2.05, 4.69) is 38.3 Å². The first-order chi connectivity index (χ1) is 9.29. The second-order valence-electron chi connectivity index (χ2n) is 5.38. The summed E-state index contributed by atoms with van der Waals surface area (Å²) in [6, 6.07) is 9.52. The van der Waals surface area contributed by atoms with Gasteiger partial charge in [-0.05, 0) is 50.4 Å². The van der Waals surface area contributed by atoms with Gasteiger partial charge in [-0.25, -0.2) is 0 Å². The topological polar surface area (TPSA) is 39.1 Å². The number of hydrogen-bond acceptors (Lipinski definition) is 3. The lowest BCUT2D eigenvalue weighted by molar-refractivity contribution is 0.482. The van der Waals surface area contributed by atoms with Crippen molar-refractivity contribution in [3.63, 3.8) is 0 Å². The molecule has 2 saturated heterocycles. The summed E-state index contributed by atoms with van der Waals surface area (Å²) in [6.45, 7) is 2.21. The molecular formula is C15H18BrN3. The number of rotatable bonds is 2. The molecule has 2 unspecified atom stereocenters. The highest BCUT2D eigenvalue weighted by atomic mass is 79.9. The van der Waals surface area contributed by atoms with Crippen molar-refractivity contribution in [2.24, 2.45) is 0 Å². The molecule has 2 atom stereocenters. The van der Waals surface area contributed by atoms with Crippen molar-refractivity contribution in [2.45, 2.75) is 37.8 Å². The standard InChI is InChI=1S/C15H18BrN3/c16-12-5-6-14(11(9-12)10-17)19-8-2-4-15(19)13-3-1-7-18-13/h5-6,9,13,15,18H,1-4,7-8H2. The minimum absolute atomic E-state index is 0.552. The second kappa shape index (κ2) is 5.52. The fourth-order valence-corrected chi connectivity index (χ4v) is 3.76. The Morgan fingerprint density at radius 1 is 1.32 bits per heavy atom. The predicted molar refractivity (Wildman–Crippen MR) is 80.2 cm³/mol. The van der Waals surface area contributed by atoms with E-state index >= 15 is 0 Å². The first kappa shape index (κ1) is 13.0. The van der Waals surface area contributed by atoms with Gasteiger partial charge in [0.25, 0.3) is 0 Å². The van der Waals surface area contributed by atoms with Gasteiger partial charge in [-0.15, -0.1) is 0 Å². The molecule has 2 aliphatic heterocycles. The van der Waals surface area contributed by atoms with Gasteiger partial charge in [-0.3, -0.25) is 0 Å². The summed E-state index contributed by atoms with van der Waals surface area (Å²) < 4.78 is 0.975. The first-order valence-electron chi connectivity index (χ1n) is 6.99. The maximum absolute atomic E-state index is 9.34. The smallest absolute Gasteiger partial charge is 0.101 e. The lowest BCUT2D eigenvalue weighted by atomic mass is 10.0. The predicted octanol–water partition coefficient (Wildman–Crippen LogP) is 3.04. The molecule has 0 aromatic heterocycles. The number of benzene rings is 1. The zero-order chi connectivity index (χ0) is 13.2. The Morgan fingerprint density at radius 2 is 2.21 bits per heavy atom. The van der Waals surface area contributed by atoms with Crippen LogP contribution in [0.4, 0.5) is 5.69 Å². The van der Waals surface area contributed by atoms with E-state index < -0.39 is 0 Å². The number of nitrogens with one attached hydrogen (secondary N) is 1. The van der Waals surface area contributed by atoms with E-state index in [9.17, 15) is 5.26 Å². The highest BCUT2D eigenvalue weighted by Crippen LogP contribution is 2.33. The Kier molecular flexibility index (Phi) is 3.76. The molecule has 0 bridgehead atoms. The normalized spacial score (nSPS) is 26.6. The maximum Gasteiger partial charge on any atom is 0.101 e. The summed E-state index contributed by atoms with van der Waals surface area (Å²) in [5.74, 6) is 0. The summed E-state index contributed by atoms with van der Waals surface area (Å²) in [4.78, 5) is 2.44. The monoisotopic (exact) mass is 319 g/mol. The van der Waals surface area contributed by atoms with Gasteiger partial charge in [0.15, 0.2) is 0 Å². The number of anilines is 1. The molecule has 3 nitrogen and oxygen atoms in total. The third kappa shape index (κ3) is 2.50. The Hall–Kier alpha value is -1.05. The van der Waals surface area contributed by atoms with Gasteiger partial charge >= 0.3 is 0 Å². The minimum Gasteiger partial charge on any atom is -0.366 e. The molecule has 100 valence electrons. The van der Waals surface area contributed by atoms with E-state index in [1.165, 1.54) is 25.7 Å². The van der Waals surface area contributed by atoms with E-state index in [0.29, 0.717) is 12.1 Å². The third-order valence-corrected chi connectivity index (χ3v) is 4.74. The van der Waals surface area contributed by atoms with Crippen molar-refractivity contribution in [1.29, 1.82) is 5.26 Å². The van der Waals surface area contributed by atoms with Gasteiger partial charge in [-0.1, -0.05) is 15.9 Å². The Balaban J connectivity index is 1.90. The highest BCUT2D eigenvalue weighted by molar-refractivity contribution is 9.10. The molecule has 0 aliphatic carbocycles. The van der Waals surface area contributed by atoms with Gasteiger partial charge < -0.3 is 10.2 Å². The molecule has 4 heteroatoms. The average Bonchev–Trinajstić information content (AvgIpc) is 3.08. The minimum atomic E-state index is 0.552. The third-order valence-electron chi connectivity index (χ3n) is 4.25. The molecular weight excluding hydrogens is 302 g/mol. The van der Waals surface area contributed by atoms with Crippen LogP contribution in [0.1, 0.15) is 31.2 Å². The largest absolute Gasteiger partial charge is 0.366 e. The van der Waals surface area contributed by atoms with Crippen LogP contribution in [-0.2, 0) is 0 Å². The Bertz CT molecular complexity index is 503. The molecule has 0 radical (unpaired) electrons. The summed E-state index contributed by atoms with van der Waals surface area (Å²) >= 11 is 3.45. The summed E-state index contributed by atoms with van der Waals surface area (Å²) in [7, 11) is 0. The molecule has 19 heavy (non-hydrogen) atoms. The molecule has 0 saturated carbocycles. The number of hydrogen-bond donors (Lipinski definition) is 1. The van der Waals surface area contributed by atoms with Gasteiger partial charge in [0.05, 0.1) is 11.3 Å². The van der Waals surface area contributed by atoms with Gasteiger partial charge in [0.2, 0.25) is 0 Å². The molecule has 2 fully saturated rings. The summed E-state index contributed by atoms with van der Waals surface area (Å²) in [5.41, 5.74) is 1.88. The van der Waals surface area contributed by atoms with Crippen molar-refractivity contribution in [3.05, 3.63) is 28.2 Å². The van der Waals surface area contributed by atoms with Crippen molar-refractivity contribution in [2.75, 3.05) is 18.0 Å². The van der Waals surface area contributed by atoms with Crippen LogP contribution in [-0.4, -0.2) is 25.2 Å². The van der Waals surface area contributed by atoms with Crippen LogP contribution in [0.5, 0.6) is 0 Å². The number of nitriles is 1. The summed E-state index contributed by atoms with van der Waals surface area (Å²) in [5, 5.41) is 13.0. The Labute approximate surface area is 122 Å². The number of nitrogens with zero attached hydrogens (tertiary/aromatic N) is 2. The van der Waals surface area contributed by atoms with Crippen LogP contribution in [0.2, 0.25) is 0 Å². The van der Waals surface area contributed by atoms with E-state index in [1.807, 2.05) is 12.1 Å². The molecule has 0 amide bonds. The lowest BCUT2D eigenvalue weighted by Gasteiger charge is -2.32. The van der Waals surface area contributed by atoms with Crippen molar-refractivity contribution in [3.8, 4) is 6.07 Å². The Morgan fingerprint density at radius 3 is 2.95 bits per heavy atom. The fraction of sp³-hybridized carbons (Fsp3) is 0.533. The van der Waals surface area contributed by atoms with Crippen LogP contribution >= 0.6 is 15.9 Å². The zero-order valence-electron chi connectivity index (χ0n) is 10.9. The van der Waals surface area contributed by atoms with Gasteiger partial charge in [0, 0.05) is 23.1 Å². The molecule has 1 N–H and O–H groups in total. The van der Waals surface area contributed by atoms with Crippen LogP contribution in [0.15, 0.2) is 22.7 Å². The SMILES string of the molecule is N#Cc1cc(Br)ccc1N1CCCC1C1CCCN1. The van der Waals surface area contributed by atoms with E-state index in [-0.39, 0.29) is 0 Å². The first-order valence-corrected chi connectivity index (χ1v) is 7.78. The molecule has 0 spiro atoms. The van der Waals surface area contributed by atoms with E-state index in [4.69, 9.17) is 0 Å². The van der Waals surface area contributed by atoms with Crippen LogP contribution in [0.3, 0.4) is 0 Å². The molecule has 3 rings (SSSR count). The fourth-order valence-electron chi connectivity index (χ4n) is 3.40. The van der Waals surface area contributed by atoms with Gasteiger partial charge in [-0.2, -0.15) is 5.26 Å². The van der Waals surface area contributed by atoms with Crippen LogP contribution in [0, 0.1) is 11.3 Å². The molecule has 1 aromatic rings. The lowest BCUT2D eigenvalue weighted by Crippen LogP contribution is -2.44.